The summed E-state index contributed by atoms with van der Waals surface area (Å²) in [4.78, 5) is 12.0. The van der Waals surface area contributed by atoms with Crippen molar-refractivity contribution in [2.24, 2.45) is 0 Å². The van der Waals surface area contributed by atoms with Gasteiger partial charge >= 0.3 is 0 Å². The van der Waals surface area contributed by atoms with Gasteiger partial charge < -0.3 is 5.32 Å². The van der Waals surface area contributed by atoms with E-state index in [2.05, 4.69) is 5.32 Å². The Bertz CT molecular complexity index is 851. The van der Waals surface area contributed by atoms with Crippen molar-refractivity contribution in [2.45, 2.75) is 19.9 Å². The molecule has 0 atom stereocenters. The summed E-state index contributed by atoms with van der Waals surface area (Å²) >= 11 is 0. The molecule has 7 heteroatoms. The smallest absolute Gasteiger partial charge is 0.224 e. The number of carbonyl (C=O) groups excluding carboxylic acids is 1. The third-order valence-corrected chi connectivity index (χ3v) is 5.19. The summed E-state index contributed by atoms with van der Waals surface area (Å²) in [7, 11) is -3.53. The maximum atomic E-state index is 13.8. The van der Waals surface area contributed by atoms with Crippen LogP contribution in [0.1, 0.15) is 16.7 Å². The zero-order valence-electron chi connectivity index (χ0n) is 14.9. The molecule has 2 aromatic rings. The minimum atomic E-state index is -3.53. The second kappa shape index (κ2) is 8.91. The van der Waals surface area contributed by atoms with Gasteiger partial charge in [-0.05, 0) is 18.6 Å². The molecule has 26 heavy (non-hydrogen) atoms. The van der Waals surface area contributed by atoms with Crippen molar-refractivity contribution < 1.29 is 17.6 Å². The molecule has 0 aliphatic rings. The number of hydrogen-bond donors (Lipinski definition) is 1. The molecule has 1 amide bonds. The molecule has 0 radical (unpaired) electrons. The third kappa shape index (κ3) is 6.24. The van der Waals surface area contributed by atoms with Gasteiger partial charge in [-0.25, -0.2) is 12.8 Å². The fourth-order valence-electron chi connectivity index (χ4n) is 2.45. The summed E-state index contributed by atoms with van der Waals surface area (Å²) < 4.78 is 38.8. The fourth-order valence-corrected chi connectivity index (χ4v) is 3.25. The van der Waals surface area contributed by atoms with Crippen LogP contribution in [0.2, 0.25) is 0 Å². The fraction of sp³-hybridized carbons (Fsp3) is 0.316. The largest absolute Gasteiger partial charge is 0.354 e. The molecular formula is C19H23FN2O3S. The molecule has 1 N–H and O–H groups in total. The summed E-state index contributed by atoms with van der Waals surface area (Å²) in [5, 5.41) is 2.71. The zero-order valence-corrected chi connectivity index (χ0v) is 15.7. The molecular weight excluding hydrogens is 355 g/mol. The van der Waals surface area contributed by atoms with E-state index in [9.17, 15) is 17.6 Å². The van der Waals surface area contributed by atoms with E-state index >= 15 is 0 Å². The lowest BCUT2D eigenvalue weighted by atomic mass is 10.1. The number of carbonyl (C=O) groups is 1. The van der Waals surface area contributed by atoms with Crippen LogP contribution in [0.5, 0.6) is 0 Å². The van der Waals surface area contributed by atoms with E-state index in [4.69, 9.17) is 0 Å². The minimum absolute atomic E-state index is 0.0701. The Balaban J connectivity index is 1.90. The van der Waals surface area contributed by atoms with Crippen molar-refractivity contribution >= 4 is 15.9 Å². The normalized spacial score (nSPS) is 11.5. The van der Waals surface area contributed by atoms with Crippen LogP contribution in [0.25, 0.3) is 0 Å². The van der Waals surface area contributed by atoms with Crippen LogP contribution in [-0.2, 0) is 27.8 Å². The van der Waals surface area contributed by atoms with Gasteiger partial charge in [0.1, 0.15) is 5.82 Å². The summed E-state index contributed by atoms with van der Waals surface area (Å²) in [5.41, 5.74) is 2.30. The van der Waals surface area contributed by atoms with Gasteiger partial charge in [-0.2, -0.15) is 4.31 Å². The van der Waals surface area contributed by atoms with Crippen LogP contribution in [0.3, 0.4) is 0 Å². The summed E-state index contributed by atoms with van der Waals surface area (Å²) in [6, 6.07) is 13.7. The predicted octanol–water partition coefficient (Wildman–Crippen LogP) is 2.25. The van der Waals surface area contributed by atoms with E-state index in [-0.39, 0.29) is 32.0 Å². The van der Waals surface area contributed by atoms with Crippen LogP contribution in [0, 0.1) is 12.7 Å². The lowest BCUT2D eigenvalue weighted by Crippen LogP contribution is -2.38. The summed E-state index contributed by atoms with van der Waals surface area (Å²) in [6.07, 6.45) is 1.30. The molecule has 0 spiro atoms. The van der Waals surface area contributed by atoms with Gasteiger partial charge in [0.15, 0.2) is 0 Å². The molecule has 0 saturated carbocycles. The monoisotopic (exact) mass is 378 g/mol. The van der Waals surface area contributed by atoms with E-state index in [0.717, 1.165) is 21.7 Å². The molecule has 0 heterocycles. The predicted molar refractivity (Wildman–Crippen MR) is 99.5 cm³/mol. The first-order chi connectivity index (χ1) is 12.3. The minimum Gasteiger partial charge on any atom is -0.354 e. The Morgan fingerprint density at radius 2 is 1.77 bits per heavy atom. The second-order valence-corrected chi connectivity index (χ2v) is 8.18. The molecule has 0 aromatic heterocycles. The number of hydrogen-bond acceptors (Lipinski definition) is 3. The van der Waals surface area contributed by atoms with Crippen LogP contribution in [-0.4, -0.2) is 38.0 Å². The molecule has 2 aromatic carbocycles. The van der Waals surface area contributed by atoms with Gasteiger partial charge in [0.25, 0.3) is 0 Å². The van der Waals surface area contributed by atoms with E-state index in [1.807, 2.05) is 31.2 Å². The van der Waals surface area contributed by atoms with Crippen molar-refractivity contribution in [3.63, 3.8) is 0 Å². The maximum Gasteiger partial charge on any atom is 0.224 e. The number of rotatable bonds is 8. The number of amides is 1. The standard InChI is InChI=1S/C19H23FN2O3S/c1-15-7-9-16(10-8-15)13-19(23)21-11-12-22(26(2,24)25)14-17-5-3-4-6-18(17)20/h3-10H,11-14H2,1-2H3,(H,21,23). The maximum absolute atomic E-state index is 13.8. The molecule has 0 saturated heterocycles. The first-order valence-electron chi connectivity index (χ1n) is 8.26. The second-order valence-electron chi connectivity index (χ2n) is 6.20. The Kier molecular flexibility index (Phi) is 6.88. The lowest BCUT2D eigenvalue weighted by molar-refractivity contribution is -0.120. The Labute approximate surface area is 153 Å². The van der Waals surface area contributed by atoms with Crippen LogP contribution in [0.4, 0.5) is 4.39 Å². The number of nitrogens with zero attached hydrogens (tertiary/aromatic N) is 1. The highest BCUT2D eigenvalue weighted by Crippen LogP contribution is 2.12. The molecule has 5 nitrogen and oxygen atoms in total. The summed E-state index contributed by atoms with van der Waals surface area (Å²) in [6.45, 7) is 2.14. The van der Waals surface area contributed by atoms with E-state index in [0.29, 0.717) is 5.56 Å². The zero-order chi connectivity index (χ0) is 19.2. The first-order valence-corrected chi connectivity index (χ1v) is 10.1. The number of aryl methyl sites for hydroxylation is 1. The Morgan fingerprint density at radius 3 is 2.38 bits per heavy atom. The number of sulfonamides is 1. The van der Waals surface area contributed by atoms with Gasteiger partial charge in [0, 0.05) is 25.2 Å². The van der Waals surface area contributed by atoms with Gasteiger partial charge in [0.05, 0.1) is 12.7 Å². The molecule has 0 fully saturated rings. The molecule has 2 rings (SSSR count). The van der Waals surface area contributed by atoms with Gasteiger partial charge in [0.2, 0.25) is 15.9 Å². The highest BCUT2D eigenvalue weighted by molar-refractivity contribution is 7.88. The third-order valence-electron chi connectivity index (χ3n) is 3.94. The molecule has 0 aliphatic carbocycles. The quantitative estimate of drug-likeness (QED) is 0.766. The molecule has 140 valence electrons. The SMILES string of the molecule is Cc1ccc(CC(=O)NCCN(Cc2ccccc2F)S(C)(=O)=O)cc1. The Hall–Kier alpha value is -2.25. The molecule has 0 unspecified atom stereocenters. The number of halogens is 1. The van der Waals surface area contributed by atoms with E-state index in [1.54, 1.807) is 18.2 Å². The highest BCUT2D eigenvalue weighted by atomic mass is 32.2. The molecule has 0 aliphatic heterocycles. The van der Waals surface area contributed by atoms with Crippen molar-refractivity contribution in [3.8, 4) is 0 Å². The molecule has 0 bridgehead atoms. The topological polar surface area (TPSA) is 66.5 Å². The number of benzene rings is 2. The van der Waals surface area contributed by atoms with E-state index in [1.165, 1.54) is 6.07 Å². The average molecular weight is 378 g/mol. The average Bonchev–Trinajstić information content (AvgIpc) is 2.57. The first kappa shape index (κ1) is 20.1. The van der Waals surface area contributed by atoms with Gasteiger partial charge in [-0.15, -0.1) is 0 Å². The van der Waals surface area contributed by atoms with Crippen molar-refractivity contribution in [2.75, 3.05) is 19.3 Å². The van der Waals surface area contributed by atoms with Crippen LogP contribution < -0.4 is 5.32 Å². The van der Waals surface area contributed by atoms with Crippen molar-refractivity contribution in [3.05, 3.63) is 71.0 Å². The van der Waals surface area contributed by atoms with Crippen molar-refractivity contribution in [1.82, 2.24) is 9.62 Å². The highest BCUT2D eigenvalue weighted by Gasteiger charge is 2.18. The summed E-state index contributed by atoms with van der Waals surface area (Å²) in [5.74, 6) is -0.641. The van der Waals surface area contributed by atoms with Gasteiger partial charge in [-0.1, -0.05) is 48.0 Å². The van der Waals surface area contributed by atoms with Crippen LogP contribution in [0.15, 0.2) is 48.5 Å². The van der Waals surface area contributed by atoms with Crippen molar-refractivity contribution in [1.29, 1.82) is 0 Å². The van der Waals surface area contributed by atoms with Crippen LogP contribution >= 0.6 is 0 Å². The lowest BCUT2D eigenvalue weighted by Gasteiger charge is -2.20. The van der Waals surface area contributed by atoms with E-state index < -0.39 is 15.8 Å². The Morgan fingerprint density at radius 1 is 1.12 bits per heavy atom. The van der Waals surface area contributed by atoms with Gasteiger partial charge in [-0.3, -0.25) is 4.79 Å². The number of nitrogens with one attached hydrogen (secondary N) is 1.